The van der Waals surface area contributed by atoms with E-state index in [1.807, 2.05) is 43.3 Å². The number of allylic oxidation sites excluding steroid dienone is 3. The highest BCUT2D eigenvalue weighted by molar-refractivity contribution is 5.88. The molecule has 0 aromatic heterocycles. The highest BCUT2D eigenvalue weighted by Crippen LogP contribution is 2.38. The molecule has 1 aliphatic carbocycles. The number of ether oxygens (including phenoxy) is 4. The summed E-state index contributed by atoms with van der Waals surface area (Å²) in [6, 6.07) is 15.3. The molecular formula is C33H42N2O6. The zero-order valence-electron chi connectivity index (χ0n) is 23.9. The fraction of sp³-hybridized carbons (Fsp3) is 0.455. The number of unbranched alkanes of at least 4 members (excludes halogenated alkanes) is 1. The lowest BCUT2D eigenvalue weighted by Crippen LogP contribution is -2.34. The molecule has 0 saturated carbocycles. The summed E-state index contributed by atoms with van der Waals surface area (Å²) in [6.45, 7) is 4.21. The summed E-state index contributed by atoms with van der Waals surface area (Å²) in [5.74, 6) is -1.21. The topological polar surface area (TPSA) is 123 Å². The van der Waals surface area contributed by atoms with E-state index in [1.54, 1.807) is 0 Å². The van der Waals surface area contributed by atoms with Crippen molar-refractivity contribution < 1.29 is 28.5 Å². The van der Waals surface area contributed by atoms with Crippen molar-refractivity contribution in [3.05, 3.63) is 83.4 Å². The second-order valence-corrected chi connectivity index (χ2v) is 10.6. The van der Waals surface area contributed by atoms with Crippen LogP contribution in [0.15, 0.2) is 66.8 Å². The van der Waals surface area contributed by atoms with Gasteiger partial charge in [-0.25, -0.2) is 4.79 Å². The first-order chi connectivity index (χ1) is 19.9. The molecule has 8 nitrogen and oxygen atoms in total. The van der Waals surface area contributed by atoms with Crippen LogP contribution in [0.1, 0.15) is 74.5 Å². The van der Waals surface area contributed by atoms with E-state index in [-0.39, 0.29) is 12.3 Å². The summed E-state index contributed by atoms with van der Waals surface area (Å²) in [5, 5.41) is 0. The van der Waals surface area contributed by atoms with Crippen molar-refractivity contribution in [1.29, 1.82) is 0 Å². The van der Waals surface area contributed by atoms with Gasteiger partial charge in [0.1, 0.15) is 18.4 Å². The van der Waals surface area contributed by atoms with Gasteiger partial charge in [-0.05, 0) is 73.2 Å². The van der Waals surface area contributed by atoms with Gasteiger partial charge in [0.2, 0.25) is 0 Å². The van der Waals surface area contributed by atoms with E-state index in [9.17, 15) is 9.59 Å². The fourth-order valence-corrected chi connectivity index (χ4v) is 5.23. The molecule has 1 fully saturated rings. The summed E-state index contributed by atoms with van der Waals surface area (Å²) in [5.41, 5.74) is 15.8. The fourth-order valence-electron chi connectivity index (χ4n) is 5.23. The van der Waals surface area contributed by atoms with E-state index < -0.39 is 23.8 Å². The largest absolute Gasteiger partial charge is 0.489 e. The molecule has 41 heavy (non-hydrogen) atoms. The van der Waals surface area contributed by atoms with E-state index in [0.717, 1.165) is 42.6 Å². The number of hydrogen-bond donors (Lipinski definition) is 2. The molecule has 0 bridgehead atoms. The Hall–Kier alpha value is -3.30. The molecule has 2 atom stereocenters. The van der Waals surface area contributed by atoms with Crippen molar-refractivity contribution in [3.8, 4) is 5.75 Å². The lowest BCUT2D eigenvalue weighted by atomic mass is 9.89. The Bertz CT molecular complexity index is 1220. The monoisotopic (exact) mass is 562 g/mol. The molecular weight excluding hydrogens is 520 g/mol. The molecule has 0 radical (unpaired) electrons. The standard InChI is InChI=1S/C33H42N2O6/c1-2-6-27(22-31(36)41-32(37)30(35)9-3-4-18-34)25-10-12-29(13-11-25)38-23-24-7-5-8-28(21-24)26-14-16-33(17-15-26)39-19-20-40-33/h2,5-8,10-14,21,27,30H,3-4,9,15-20,22-23,34-35H2,1H3/t27-,30-/m0/s1. The Balaban J connectivity index is 1.29. The SMILES string of the molecule is CC=C[C@@H](CC(=O)OC(=O)[C@@H](N)CCCCN)c1ccc(OCc2cccc(C3=CCC4(CC3)OCCO4)c2)cc1. The Kier molecular flexibility index (Phi) is 11.3. The third-order valence-corrected chi connectivity index (χ3v) is 7.56. The number of carbonyl (C=O) groups is 2. The van der Waals surface area contributed by atoms with Crippen LogP contribution in [0.4, 0.5) is 0 Å². The van der Waals surface area contributed by atoms with Gasteiger partial charge in [0.25, 0.3) is 0 Å². The Morgan fingerprint density at radius 2 is 1.88 bits per heavy atom. The van der Waals surface area contributed by atoms with Crippen LogP contribution in [0, 0.1) is 0 Å². The van der Waals surface area contributed by atoms with Crippen LogP contribution in [0.3, 0.4) is 0 Å². The summed E-state index contributed by atoms with van der Waals surface area (Å²) in [7, 11) is 0. The third-order valence-electron chi connectivity index (χ3n) is 7.56. The van der Waals surface area contributed by atoms with E-state index in [0.29, 0.717) is 39.2 Å². The lowest BCUT2D eigenvalue weighted by molar-refractivity contribution is -0.161. The van der Waals surface area contributed by atoms with Gasteiger partial charge in [0.05, 0.1) is 19.6 Å². The van der Waals surface area contributed by atoms with Crippen LogP contribution in [-0.2, 0) is 30.4 Å². The number of nitrogens with two attached hydrogens (primary N) is 2. The van der Waals surface area contributed by atoms with Gasteiger partial charge in [0, 0.05) is 18.8 Å². The van der Waals surface area contributed by atoms with Crippen molar-refractivity contribution in [2.24, 2.45) is 11.5 Å². The smallest absolute Gasteiger partial charge is 0.330 e. The van der Waals surface area contributed by atoms with Gasteiger partial charge < -0.3 is 30.4 Å². The molecule has 4 rings (SSSR count). The first-order valence-corrected chi connectivity index (χ1v) is 14.5. The number of hydrogen-bond acceptors (Lipinski definition) is 8. The van der Waals surface area contributed by atoms with Crippen molar-refractivity contribution in [1.82, 2.24) is 0 Å². The maximum Gasteiger partial charge on any atom is 0.330 e. The molecule has 1 aliphatic heterocycles. The Morgan fingerprint density at radius 3 is 2.56 bits per heavy atom. The molecule has 2 aliphatic rings. The van der Waals surface area contributed by atoms with Gasteiger partial charge in [-0.15, -0.1) is 0 Å². The lowest BCUT2D eigenvalue weighted by Gasteiger charge is -2.30. The molecule has 220 valence electrons. The van der Waals surface area contributed by atoms with E-state index >= 15 is 0 Å². The number of benzene rings is 2. The highest BCUT2D eigenvalue weighted by atomic mass is 16.7. The first-order valence-electron chi connectivity index (χ1n) is 14.5. The average Bonchev–Trinajstić information content (AvgIpc) is 3.44. The maximum atomic E-state index is 12.5. The van der Waals surface area contributed by atoms with Crippen LogP contribution < -0.4 is 16.2 Å². The molecule has 2 aromatic rings. The van der Waals surface area contributed by atoms with E-state index in [2.05, 4.69) is 30.3 Å². The molecule has 1 spiro atoms. The number of esters is 2. The molecule has 0 unspecified atom stereocenters. The zero-order chi connectivity index (χ0) is 29.1. The Morgan fingerprint density at radius 1 is 1.10 bits per heavy atom. The maximum absolute atomic E-state index is 12.5. The summed E-state index contributed by atoms with van der Waals surface area (Å²) in [4.78, 5) is 24.7. The van der Waals surface area contributed by atoms with Gasteiger partial charge >= 0.3 is 11.9 Å². The minimum Gasteiger partial charge on any atom is -0.489 e. The predicted octanol–water partition coefficient (Wildman–Crippen LogP) is 5.15. The summed E-state index contributed by atoms with van der Waals surface area (Å²) < 4.78 is 22.8. The number of carbonyl (C=O) groups excluding carboxylic acids is 2. The highest BCUT2D eigenvalue weighted by Gasteiger charge is 2.37. The molecule has 8 heteroatoms. The van der Waals surface area contributed by atoms with Crippen LogP contribution in [-0.4, -0.2) is 43.5 Å². The third kappa shape index (κ3) is 8.84. The van der Waals surface area contributed by atoms with Crippen LogP contribution >= 0.6 is 0 Å². The van der Waals surface area contributed by atoms with Gasteiger partial charge in [-0.3, -0.25) is 4.79 Å². The minimum atomic E-state index is -0.824. The summed E-state index contributed by atoms with van der Waals surface area (Å²) in [6.07, 6.45) is 10.6. The quantitative estimate of drug-likeness (QED) is 0.149. The van der Waals surface area contributed by atoms with Gasteiger partial charge in [0.15, 0.2) is 5.79 Å². The average molecular weight is 563 g/mol. The molecule has 1 heterocycles. The van der Waals surface area contributed by atoms with Crippen molar-refractivity contribution in [3.63, 3.8) is 0 Å². The van der Waals surface area contributed by atoms with Gasteiger partial charge in [-0.2, -0.15) is 0 Å². The Labute approximate surface area is 242 Å². The molecule has 0 amide bonds. The van der Waals surface area contributed by atoms with Gasteiger partial charge in [-0.1, -0.05) is 55.0 Å². The minimum absolute atomic E-state index is 0.0355. The van der Waals surface area contributed by atoms with E-state index in [4.69, 9.17) is 30.4 Å². The molecule has 4 N–H and O–H groups in total. The van der Waals surface area contributed by atoms with Crippen molar-refractivity contribution in [2.75, 3.05) is 19.8 Å². The van der Waals surface area contributed by atoms with Crippen LogP contribution in [0.5, 0.6) is 5.75 Å². The predicted molar refractivity (Wildman–Crippen MR) is 158 cm³/mol. The normalized spacial score (nSPS) is 17.8. The van der Waals surface area contributed by atoms with E-state index in [1.165, 1.54) is 11.1 Å². The second kappa shape index (κ2) is 15.1. The van der Waals surface area contributed by atoms with Crippen LogP contribution in [0.2, 0.25) is 0 Å². The first kappa shape index (κ1) is 30.7. The van der Waals surface area contributed by atoms with Crippen molar-refractivity contribution in [2.45, 2.75) is 76.2 Å². The molecule has 2 aromatic carbocycles. The number of rotatable bonds is 13. The second-order valence-electron chi connectivity index (χ2n) is 10.6. The zero-order valence-corrected chi connectivity index (χ0v) is 23.9. The van der Waals surface area contributed by atoms with Crippen molar-refractivity contribution >= 4 is 17.5 Å². The van der Waals surface area contributed by atoms with Crippen LogP contribution in [0.25, 0.3) is 5.57 Å². The summed E-state index contributed by atoms with van der Waals surface area (Å²) >= 11 is 0. The molecule has 1 saturated heterocycles.